The molecule has 0 radical (unpaired) electrons. The normalized spacial score (nSPS) is 9.74. The third kappa shape index (κ3) is 4.89. The van der Waals surface area contributed by atoms with E-state index >= 15 is 0 Å². The molecule has 0 fully saturated rings. The van der Waals surface area contributed by atoms with Crippen LogP contribution < -0.4 is 4.90 Å². The van der Waals surface area contributed by atoms with Crippen molar-refractivity contribution in [1.82, 2.24) is 9.97 Å². The highest BCUT2D eigenvalue weighted by Gasteiger charge is 2.11. The summed E-state index contributed by atoms with van der Waals surface area (Å²) in [6, 6.07) is 1.90. The van der Waals surface area contributed by atoms with Crippen LogP contribution >= 0.6 is 0 Å². The number of carbonyl (C=O) groups is 1. The van der Waals surface area contributed by atoms with Gasteiger partial charge in [-0.05, 0) is 0 Å². The molecular formula is C12H16N4O3. The molecule has 102 valence electrons. The van der Waals surface area contributed by atoms with E-state index in [1.54, 1.807) is 7.11 Å². The Labute approximate surface area is 111 Å². The summed E-state index contributed by atoms with van der Waals surface area (Å²) in [6.07, 6.45) is 3.15. The molecule has 1 aromatic heterocycles. The summed E-state index contributed by atoms with van der Waals surface area (Å²) in [5.74, 6) is 0.309. The van der Waals surface area contributed by atoms with E-state index in [1.807, 2.05) is 11.0 Å². The number of esters is 1. The Bertz CT molecular complexity index is 441. The summed E-state index contributed by atoms with van der Waals surface area (Å²) in [7, 11) is 2.95. The van der Waals surface area contributed by atoms with Gasteiger partial charge >= 0.3 is 5.97 Å². The van der Waals surface area contributed by atoms with Crippen molar-refractivity contribution in [3.8, 4) is 6.07 Å². The van der Waals surface area contributed by atoms with Gasteiger partial charge in [0.2, 0.25) is 0 Å². The van der Waals surface area contributed by atoms with Crippen molar-refractivity contribution in [2.75, 3.05) is 38.8 Å². The zero-order chi connectivity index (χ0) is 14.1. The van der Waals surface area contributed by atoms with E-state index in [4.69, 9.17) is 10.00 Å². The number of hydrogen-bond acceptors (Lipinski definition) is 7. The maximum Gasteiger partial charge on any atom is 0.307 e. The van der Waals surface area contributed by atoms with Gasteiger partial charge in [0.05, 0.1) is 32.5 Å². The van der Waals surface area contributed by atoms with Crippen LogP contribution in [0.1, 0.15) is 12.1 Å². The van der Waals surface area contributed by atoms with Crippen molar-refractivity contribution >= 4 is 11.8 Å². The Balaban J connectivity index is 2.71. The van der Waals surface area contributed by atoms with Gasteiger partial charge in [-0.15, -0.1) is 0 Å². The topological polar surface area (TPSA) is 88.3 Å². The molecule has 0 aliphatic rings. The molecule has 0 aliphatic heterocycles. The fraction of sp³-hybridized carbons (Fsp3) is 0.500. The van der Waals surface area contributed by atoms with Crippen LogP contribution in [0.3, 0.4) is 0 Å². The van der Waals surface area contributed by atoms with Crippen LogP contribution in [0.4, 0.5) is 5.82 Å². The largest absolute Gasteiger partial charge is 0.469 e. The van der Waals surface area contributed by atoms with Crippen LogP contribution in [0.2, 0.25) is 0 Å². The second-order valence-corrected chi connectivity index (χ2v) is 3.68. The Morgan fingerprint density at radius 2 is 2.16 bits per heavy atom. The van der Waals surface area contributed by atoms with E-state index in [-0.39, 0.29) is 18.1 Å². The molecule has 0 aliphatic carbocycles. The molecule has 0 saturated carbocycles. The number of nitriles is 1. The summed E-state index contributed by atoms with van der Waals surface area (Å²) in [4.78, 5) is 21.1. The number of hydrogen-bond donors (Lipinski definition) is 0. The number of nitrogens with zero attached hydrogens (tertiary/aromatic N) is 4. The predicted octanol–water partition coefficient (Wildman–Crippen LogP) is 0.364. The number of anilines is 1. The second kappa shape index (κ2) is 8.00. The van der Waals surface area contributed by atoms with Gasteiger partial charge in [0, 0.05) is 20.2 Å². The van der Waals surface area contributed by atoms with Crippen LogP contribution in [0.15, 0.2) is 12.4 Å². The minimum Gasteiger partial charge on any atom is -0.469 e. The number of rotatable bonds is 7. The highest BCUT2D eigenvalue weighted by Crippen LogP contribution is 2.09. The fourth-order valence-electron chi connectivity index (χ4n) is 1.41. The van der Waals surface area contributed by atoms with Gasteiger partial charge in [-0.1, -0.05) is 0 Å². The van der Waals surface area contributed by atoms with E-state index in [1.165, 1.54) is 19.5 Å². The first-order valence-electron chi connectivity index (χ1n) is 5.74. The first kappa shape index (κ1) is 14.9. The van der Waals surface area contributed by atoms with Crippen molar-refractivity contribution in [2.45, 2.75) is 6.42 Å². The highest BCUT2D eigenvalue weighted by atomic mass is 16.5. The second-order valence-electron chi connectivity index (χ2n) is 3.68. The van der Waals surface area contributed by atoms with Crippen LogP contribution in [0.5, 0.6) is 0 Å². The Morgan fingerprint density at radius 3 is 2.68 bits per heavy atom. The van der Waals surface area contributed by atoms with E-state index in [9.17, 15) is 4.79 Å². The Morgan fingerprint density at radius 1 is 1.37 bits per heavy atom. The molecule has 0 N–H and O–H groups in total. The molecule has 7 heteroatoms. The van der Waals surface area contributed by atoms with Gasteiger partial charge in [0.25, 0.3) is 0 Å². The molecular weight excluding hydrogens is 248 g/mol. The third-order valence-corrected chi connectivity index (χ3v) is 2.46. The van der Waals surface area contributed by atoms with Crippen molar-refractivity contribution < 1.29 is 14.3 Å². The number of ether oxygens (including phenoxy) is 2. The summed E-state index contributed by atoms with van der Waals surface area (Å²) in [6.45, 7) is 1.54. The molecule has 1 aromatic rings. The maximum absolute atomic E-state index is 11.2. The van der Waals surface area contributed by atoms with E-state index < -0.39 is 0 Å². The maximum atomic E-state index is 11.2. The van der Waals surface area contributed by atoms with Crippen LogP contribution in [0, 0.1) is 11.3 Å². The number of methoxy groups -OCH3 is 2. The summed E-state index contributed by atoms with van der Waals surface area (Å²) in [5.41, 5.74) is 0.253. The first-order valence-corrected chi connectivity index (χ1v) is 5.74. The molecule has 0 spiro atoms. The van der Waals surface area contributed by atoms with Gasteiger partial charge < -0.3 is 14.4 Å². The van der Waals surface area contributed by atoms with Crippen LogP contribution in [-0.2, 0) is 14.3 Å². The van der Waals surface area contributed by atoms with Crippen molar-refractivity contribution in [2.24, 2.45) is 0 Å². The molecule has 0 saturated heterocycles. The molecule has 0 unspecified atom stereocenters. The van der Waals surface area contributed by atoms with Crippen LogP contribution in [-0.4, -0.2) is 49.9 Å². The van der Waals surface area contributed by atoms with Gasteiger partial charge in [-0.3, -0.25) is 4.79 Å². The summed E-state index contributed by atoms with van der Waals surface area (Å²) < 4.78 is 9.61. The molecule has 7 nitrogen and oxygen atoms in total. The predicted molar refractivity (Wildman–Crippen MR) is 67.5 cm³/mol. The lowest BCUT2D eigenvalue weighted by atomic mass is 10.3. The van der Waals surface area contributed by atoms with Crippen molar-refractivity contribution in [3.05, 3.63) is 18.1 Å². The molecule has 0 bridgehead atoms. The van der Waals surface area contributed by atoms with E-state index in [2.05, 4.69) is 14.7 Å². The minimum atomic E-state index is -0.288. The summed E-state index contributed by atoms with van der Waals surface area (Å²) >= 11 is 0. The smallest absolute Gasteiger partial charge is 0.307 e. The molecule has 1 heterocycles. The van der Waals surface area contributed by atoms with Gasteiger partial charge in [-0.25, -0.2) is 9.97 Å². The van der Waals surface area contributed by atoms with E-state index in [0.717, 1.165) is 0 Å². The SMILES string of the molecule is COCCN(CCC(=O)OC)c1cnc(C#N)cn1. The molecule has 19 heavy (non-hydrogen) atoms. The average molecular weight is 264 g/mol. The molecule has 0 amide bonds. The quantitative estimate of drug-likeness (QED) is 0.657. The lowest BCUT2D eigenvalue weighted by Gasteiger charge is -2.22. The number of aromatic nitrogens is 2. The first-order chi connectivity index (χ1) is 9.21. The Kier molecular flexibility index (Phi) is 6.26. The summed E-state index contributed by atoms with van der Waals surface area (Å²) in [5, 5.41) is 8.67. The monoisotopic (exact) mass is 264 g/mol. The molecule has 0 atom stereocenters. The van der Waals surface area contributed by atoms with Gasteiger partial charge in [-0.2, -0.15) is 5.26 Å². The van der Waals surface area contributed by atoms with Crippen molar-refractivity contribution in [1.29, 1.82) is 5.26 Å². The zero-order valence-corrected chi connectivity index (χ0v) is 11.0. The van der Waals surface area contributed by atoms with Gasteiger partial charge in [0.15, 0.2) is 5.69 Å². The fourth-order valence-corrected chi connectivity index (χ4v) is 1.41. The molecule has 1 rings (SSSR count). The Hall–Kier alpha value is -2.20. The molecule has 0 aromatic carbocycles. The highest BCUT2D eigenvalue weighted by molar-refractivity contribution is 5.69. The lowest BCUT2D eigenvalue weighted by molar-refractivity contribution is -0.140. The van der Waals surface area contributed by atoms with Gasteiger partial charge in [0.1, 0.15) is 11.9 Å². The minimum absolute atomic E-state index is 0.252. The lowest BCUT2D eigenvalue weighted by Crippen LogP contribution is -2.30. The number of carbonyl (C=O) groups excluding carboxylic acids is 1. The average Bonchev–Trinajstić information content (AvgIpc) is 2.47. The zero-order valence-electron chi connectivity index (χ0n) is 11.0. The van der Waals surface area contributed by atoms with Crippen molar-refractivity contribution in [3.63, 3.8) is 0 Å². The third-order valence-electron chi connectivity index (χ3n) is 2.46. The van der Waals surface area contributed by atoms with E-state index in [0.29, 0.717) is 25.5 Å². The van der Waals surface area contributed by atoms with Crippen LogP contribution in [0.25, 0.3) is 0 Å². The standard InChI is InChI=1S/C12H16N4O3/c1-18-6-5-16(4-3-12(17)19-2)11-9-14-10(7-13)8-15-11/h8-9H,3-6H2,1-2H3.